The number of hydrogen-bond donors (Lipinski definition) is 1. The van der Waals surface area contributed by atoms with E-state index in [9.17, 15) is 14.9 Å². The molecule has 2 rings (SSSR count). The van der Waals surface area contributed by atoms with Crippen LogP contribution in [0.4, 0.5) is 5.88 Å². The van der Waals surface area contributed by atoms with Gasteiger partial charge in [0.15, 0.2) is 0 Å². The molecule has 1 saturated carbocycles. The summed E-state index contributed by atoms with van der Waals surface area (Å²) in [7, 11) is 1.23. The van der Waals surface area contributed by atoms with Crippen LogP contribution in [0.2, 0.25) is 0 Å². The van der Waals surface area contributed by atoms with Gasteiger partial charge in [-0.15, -0.1) is 0 Å². The van der Waals surface area contributed by atoms with Gasteiger partial charge in [-0.05, 0) is 19.8 Å². The van der Waals surface area contributed by atoms with E-state index in [0.717, 1.165) is 32.1 Å². The van der Waals surface area contributed by atoms with Crippen molar-refractivity contribution in [3.05, 3.63) is 16.9 Å². The second-order valence-electron chi connectivity index (χ2n) is 5.16. The lowest BCUT2D eigenvalue weighted by atomic mass is 9.89. The van der Waals surface area contributed by atoms with Crippen molar-refractivity contribution < 1.29 is 18.7 Å². The van der Waals surface area contributed by atoms with E-state index in [2.05, 4.69) is 10.1 Å². The smallest absolute Gasteiger partial charge is 0.342 e. The lowest BCUT2D eigenvalue weighted by Gasteiger charge is -2.20. The standard InChI is InChI=1S/C15H18N2O4/c1-9-12(15(19)20-2)11(8-16)14(21-9)17-13(18)10-6-4-3-5-7-10/h10H,3-7H2,1-2H3,(H,17,18). The normalized spacial score (nSPS) is 15.3. The summed E-state index contributed by atoms with van der Waals surface area (Å²) in [6, 6.07) is 1.90. The summed E-state index contributed by atoms with van der Waals surface area (Å²) < 4.78 is 10.00. The highest BCUT2D eigenvalue weighted by Crippen LogP contribution is 2.29. The first kappa shape index (κ1) is 15.1. The fourth-order valence-corrected chi connectivity index (χ4v) is 2.67. The maximum absolute atomic E-state index is 12.2. The van der Waals surface area contributed by atoms with Crippen LogP contribution in [0.5, 0.6) is 0 Å². The molecule has 1 amide bonds. The number of hydrogen-bond acceptors (Lipinski definition) is 5. The van der Waals surface area contributed by atoms with Gasteiger partial charge in [-0.1, -0.05) is 19.3 Å². The van der Waals surface area contributed by atoms with E-state index in [1.165, 1.54) is 7.11 Å². The zero-order valence-electron chi connectivity index (χ0n) is 12.2. The van der Waals surface area contributed by atoms with Crippen LogP contribution >= 0.6 is 0 Å². The third kappa shape index (κ3) is 3.07. The van der Waals surface area contributed by atoms with E-state index in [-0.39, 0.29) is 34.6 Å². The summed E-state index contributed by atoms with van der Waals surface area (Å²) >= 11 is 0. The quantitative estimate of drug-likeness (QED) is 0.864. The van der Waals surface area contributed by atoms with Gasteiger partial charge in [0, 0.05) is 5.92 Å². The molecule has 1 aromatic heterocycles. The molecule has 1 aliphatic rings. The molecule has 112 valence electrons. The predicted octanol–water partition coefficient (Wildman–Crippen LogP) is 2.77. The molecule has 0 unspecified atom stereocenters. The number of anilines is 1. The number of rotatable bonds is 3. The minimum absolute atomic E-state index is 0.0171. The van der Waals surface area contributed by atoms with E-state index >= 15 is 0 Å². The fourth-order valence-electron chi connectivity index (χ4n) is 2.67. The van der Waals surface area contributed by atoms with Crippen molar-refractivity contribution in [3.63, 3.8) is 0 Å². The zero-order chi connectivity index (χ0) is 15.4. The molecule has 6 nitrogen and oxygen atoms in total. The number of nitrogens with zero attached hydrogens (tertiary/aromatic N) is 1. The third-order valence-corrected chi connectivity index (χ3v) is 3.80. The van der Waals surface area contributed by atoms with Crippen LogP contribution in [0.1, 0.15) is 53.8 Å². The maximum Gasteiger partial charge on any atom is 0.342 e. The first-order valence-electron chi connectivity index (χ1n) is 7.01. The number of furan rings is 1. The van der Waals surface area contributed by atoms with Gasteiger partial charge in [-0.2, -0.15) is 5.26 Å². The molecule has 0 spiro atoms. The lowest BCUT2D eigenvalue weighted by Crippen LogP contribution is -2.24. The van der Waals surface area contributed by atoms with Crippen LogP contribution in [0.25, 0.3) is 0 Å². The summed E-state index contributed by atoms with van der Waals surface area (Å²) in [6.45, 7) is 1.56. The molecule has 0 aromatic carbocycles. The second kappa shape index (κ2) is 6.44. The molecule has 1 heterocycles. The van der Waals surface area contributed by atoms with Gasteiger partial charge < -0.3 is 9.15 Å². The van der Waals surface area contributed by atoms with Gasteiger partial charge in [0.1, 0.15) is 23.0 Å². The Bertz CT molecular complexity index is 592. The van der Waals surface area contributed by atoms with Crippen LogP contribution in [0.15, 0.2) is 4.42 Å². The Labute approximate surface area is 123 Å². The number of carbonyl (C=O) groups is 2. The largest absolute Gasteiger partial charge is 0.465 e. The van der Waals surface area contributed by atoms with Gasteiger partial charge in [-0.3, -0.25) is 10.1 Å². The molecule has 21 heavy (non-hydrogen) atoms. The van der Waals surface area contributed by atoms with Crippen LogP contribution in [-0.2, 0) is 9.53 Å². The molecule has 0 atom stereocenters. The molecule has 0 saturated heterocycles. The van der Waals surface area contributed by atoms with E-state index in [1.807, 2.05) is 6.07 Å². The molecule has 6 heteroatoms. The number of methoxy groups -OCH3 is 1. The van der Waals surface area contributed by atoms with Gasteiger partial charge in [0.25, 0.3) is 0 Å². The van der Waals surface area contributed by atoms with Crippen molar-refractivity contribution in [2.24, 2.45) is 5.92 Å². The predicted molar refractivity (Wildman–Crippen MR) is 74.7 cm³/mol. The van der Waals surface area contributed by atoms with Crippen molar-refractivity contribution in [1.29, 1.82) is 5.26 Å². The van der Waals surface area contributed by atoms with Gasteiger partial charge in [-0.25, -0.2) is 4.79 Å². The Morgan fingerprint density at radius 1 is 1.33 bits per heavy atom. The van der Waals surface area contributed by atoms with Crippen LogP contribution < -0.4 is 5.32 Å². The first-order chi connectivity index (χ1) is 10.1. The number of nitriles is 1. The number of esters is 1. The molecule has 1 aliphatic carbocycles. The van der Waals surface area contributed by atoms with Crippen LogP contribution in [0, 0.1) is 24.2 Å². The van der Waals surface area contributed by atoms with Gasteiger partial charge in [0.05, 0.1) is 7.11 Å². The maximum atomic E-state index is 12.2. The highest BCUT2D eigenvalue weighted by Gasteiger charge is 2.28. The van der Waals surface area contributed by atoms with Gasteiger partial charge >= 0.3 is 5.97 Å². The number of nitrogens with one attached hydrogen (secondary N) is 1. The number of ether oxygens (including phenoxy) is 1. The average molecular weight is 290 g/mol. The van der Waals surface area contributed by atoms with E-state index in [0.29, 0.717) is 0 Å². The summed E-state index contributed by atoms with van der Waals surface area (Å²) in [6.07, 6.45) is 4.91. The first-order valence-corrected chi connectivity index (χ1v) is 7.01. The second-order valence-corrected chi connectivity index (χ2v) is 5.16. The molecule has 1 N–H and O–H groups in total. The highest BCUT2D eigenvalue weighted by molar-refractivity contribution is 5.98. The van der Waals surface area contributed by atoms with Crippen LogP contribution in [-0.4, -0.2) is 19.0 Å². The van der Waals surface area contributed by atoms with E-state index < -0.39 is 5.97 Å². The molecule has 0 bridgehead atoms. The Hall–Kier alpha value is -2.29. The SMILES string of the molecule is COC(=O)c1c(C)oc(NC(=O)C2CCCCC2)c1C#N. The number of aryl methyl sites for hydroxylation is 1. The Morgan fingerprint density at radius 2 is 2.00 bits per heavy atom. The van der Waals surface area contributed by atoms with E-state index in [1.54, 1.807) is 6.92 Å². The van der Waals surface area contributed by atoms with E-state index in [4.69, 9.17) is 4.42 Å². The number of carbonyl (C=O) groups excluding carboxylic acids is 2. The minimum atomic E-state index is -0.647. The van der Waals surface area contributed by atoms with Crippen molar-refractivity contribution in [1.82, 2.24) is 0 Å². The highest BCUT2D eigenvalue weighted by atomic mass is 16.5. The number of amides is 1. The van der Waals surface area contributed by atoms with Crippen molar-refractivity contribution in [2.45, 2.75) is 39.0 Å². The minimum Gasteiger partial charge on any atom is -0.465 e. The van der Waals surface area contributed by atoms with Crippen molar-refractivity contribution in [2.75, 3.05) is 12.4 Å². The molecular weight excluding hydrogens is 272 g/mol. The monoisotopic (exact) mass is 290 g/mol. The summed E-state index contributed by atoms with van der Waals surface area (Å²) in [4.78, 5) is 23.9. The summed E-state index contributed by atoms with van der Waals surface area (Å²) in [5, 5.41) is 11.8. The Balaban J connectivity index is 2.22. The van der Waals surface area contributed by atoms with Gasteiger partial charge in [0.2, 0.25) is 11.8 Å². The van der Waals surface area contributed by atoms with Crippen LogP contribution in [0.3, 0.4) is 0 Å². The molecule has 0 radical (unpaired) electrons. The zero-order valence-corrected chi connectivity index (χ0v) is 12.2. The summed E-state index contributed by atoms with van der Waals surface area (Å²) in [5.74, 6) is -0.567. The van der Waals surface area contributed by atoms with Crippen molar-refractivity contribution in [3.8, 4) is 6.07 Å². The summed E-state index contributed by atoms with van der Waals surface area (Å²) in [5.41, 5.74) is 0.0856. The molecule has 0 aliphatic heterocycles. The molecule has 1 aromatic rings. The Morgan fingerprint density at radius 3 is 2.57 bits per heavy atom. The topological polar surface area (TPSA) is 92.3 Å². The Kier molecular flexibility index (Phi) is 4.63. The average Bonchev–Trinajstić information content (AvgIpc) is 2.82. The third-order valence-electron chi connectivity index (χ3n) is 3.80. The fraction of sp³-hybridized carbons (Fsp3) is 0.533. The molecule has 1 fully saturated rings. The lowest BCUT2D eigenvalue weighted by molar-refractivity contribution is -0.120. The van der Waals surface area contributed by atoms with Crippen molar-refractivity contribution >= 4 is 17.8 Å². The molecular formula is C15H18N2O4.